The summed E-state index contributed by atoms with van der Waals surface area (Å²) < 4.78 is 46.0. The molecule has 1 heterocycles. The van der Waals surface area contributed by atoms with Gasteiger partial charge in [0.2, 0.25) is 15.9 Å². The number of aromatic nitrogens is 2. The van der Waals surface area contributed by atoms with Crippen molar-refractivity contribution in [3.63, 3.8) is 0 Å². The Labute approximate surface area is 156 Å². The zero-order chi connectivity index (χ0) is 19.5. The van der Waals surface area contributed by atoms with Crippen LogP contribution < -0.4 is 9.46 Å². The maximum Gasteiger partial charge on any atom is 0.240 e. The molecule has 2 unspecified atom stereocenters. The van der Waals surface area contributed by atoms with Crippen molar-refractivity contribution in [3.8, 4) is 5.88 Å². The van der Waals surface area contributed by atoms with Crippen LogP contribution in [0.1, 0.15) is 12.8 Å². The molecule has 1 fully saturated rings. The minimum absolute atomic E-state index is 0.0335. The standard InChI is InChI=1S/C17H20FN3O5S/c18-12-1-3-13(4-2-12)27(24,25)21-10-17(7-14(22)15(23)8-17)11-26-16-9-19-5-6-20-16/h1-6,9,14-15,21-23H,7-8,10-11H2. The molecule has 0 radical (unpaired) electrons. The molecule has 3 N–H and O–H groups in total. The van der Waals surface area contributed by atoms with Crippen molar-refractivity contribution in [3.05, 3.63) is 48.7 Å². The highest BCUT2D eigenvalue weighted by Gasteiger charge is 2.45. The third kappa shape index (κ3) is 4.78. The second kappa shape index (κ2) is 7.85. The fourth-order valence-electron chi connectivity index (χ4n) is 3.09. The molecule has 1 aliphatic rings. The van der Waals surface area contributed by atoms with Gasteiger partial charge in [0.1, 0.15) is 5.82 Å². The van der Waals surface area contributed by atoms with Gasteiger partial charge in [0.05, 0.1) is 29.9 Å². The van der Waals surface area contributed by atoms with E-state index in [1.54, 1.807) is 0 Å². The first kappa shape index (κ1) is 19.6. The number of hydrogen-bond donors (Lipinski definition) is 3. The fraction of sp³-hybridized carbons (Fsp3) is 0.412. The van der Waals surface area contributed by atoms with Crippen molar-refractivity contribution in [1.82, 2.24) is 14.7 Å². The summed E-state index contributed by atoms with van der Waals surface area (Å²) in [4.78, 5) is 7.80. The minimum Gasteiger partial charge on any atom is -0.476 e. The van der Waals surface area contributed by atoms with E-state index in [0.717, 1.165) is 12.1 Å². The molecular weight excluding hydrogens is 377 g/mol. The third-order valence-electron chi connectivity index (χ3n) is 4.56. The first-order chi connectivity index (χ1) is 12.8. The van der Waals surface area contributed by atoms with Gasteiger partial charge in [-0.3, -0.25) is 4.98 Å². The van der Waals surface area contributed by atoms with Crippen LogP contribution in [0.5, 0.6) is 5.88 Å². The molecule has 0 aliphatic heterocycles. The predicted octanol–water partition coefficient (Wildman–Crippen LogP) is 0.475. The molecule has 1 aromatic heterocycles. The van der Waals surface area contributed by atoms with E-state index < -0.39 is 33.5 Å². The van der Waals surface area contributed by atoms with Crippen LogP contribution in [0.2, 0.25) is 0 Å². The number of rotatable bonds is 7. The topological polar surface area (TPSA) is 122 Å². The molecule has 3 rings (SSSR count). The van der Waals surface area contributed by atoms with Crippen LogP contribution in [-0.4, -0.2) is 54.0 Å². The van der Waals surface area contributed by atoms with Gasteiger partial charge < -0.3 is 14.9 Å². The largest absolute Gasteiger partial charge is 0.476 e. The van der Waals surface area contributed by atoms with Crippen molar-refractivity contribution in [1.29, 1.82) is 0 Å². The second-order valence-electron chi connectivity index (χ2n) is 6.65. The Morgan fingerprint density at radius 1 is 1.19 bits per heavy atom. The van der Waals surface area contributed by atoms with Gasteiger partial charge in [-0.25, -0.2) is 22.5 Å². The van der Waals surface area contributed by atoms with Crippen LogP contribution in [-0.2, 0) is 10.0 Å². The number of aliphatic hydroxyl groups excluding tert-OH is 2. The minimum atomic E-state index is -3.88. The molecule has 27 heavy (non-hydrogen) atoms. The van der Waals surface area contributed by atoms with Gasteiger partial charge in [0.15, 0.2) is 0 Å². The molecule has 146 valence electrons. The van der Waals surface area contributed by atoms with E-state index in [4.69, 9.17) is 4.74 Å². The summed E-state index contributed by atoms with van der Waals surface area (Å²) in [5.41, 5.74) is -0.830. The maximum absolute atomic E-state index is 13.0. The number of benzene rings is 1. The van der Waals surface area contributed by atoms with Gasteiger partial charge in [0.25, 0.3) is 0 Å². The lowest BCUT2D eigenvalue weighted by atomic mass is 9.87. The Hall–Kier alpha value is -2.14. The molecule has 0 amide bonds. The molecule has 0 saturated heterocycles. The summed E-state index contributed by atoms with van der Waals surface area (Å²) >= 11 is 0. The second-order valence-corrected chi connectivity index (χ2v) is 8.42. The molecule has 2 aromatic rings. The van der Waals surface area contributed by atoms with Gasteiger partial charge in [-0.2, -0.15) is 0 Å². The van der Waals surface area contributed by atoms with E-state index >= 15 is 0 Å². The molecule has 2 atom stereocenters. The van der Waals surface area contributed by atoms with Crippen molar-refractivity contribution in [2.45, 2.75) is 29.9 Å². The van der Waals surface area contributed by atoms with Crippen LogP contribution in [0, 0.1) is 11.2 Å². The first-order valence-corrected chi connectivity index (χ1v) is 9.78. The Morgan fingerprint density at radius 2 is 1.85 bits per heavy atom. The van der Waals surface area contributed by atoms with Crippen LogP contribution in [0.25, 0.3) is 0 Å². The summed E-state index contributed by atoms with van der Waals surface area (Å²) in [7, 11) is -3.88. The number of sulfonamides is 1. The summed E-state index contributed by atoms with van der Waals surface area (Å²) in [5.74, 6) is -0.279. The normalized spacial score (nSPS) is 25.4. The maximum atomic E-state index is 13.0. The average molecular weight is 397 g/mol. The third-order valence-corrected chi connectivity index (χ3v) is 5.97. The highest BCUT2D eigenvalue weighted by molar-refractivity contribution is 7.89. The number of nitrogens with zero attached hydrogens (tertiary/aromatic N) is 2. The van der Waals surface area contributed by atoms with Crippen LogP contribution in [0.4, 0.5) is 4.39 Å². The smallest absolute Gasteiger partial charge is 0.240 e. The van der Waals surface area contributed by atoms with E-state index in [9.17, 15) is 23.0 Å². The van der Waals surface area contributed by atoms with Crippen molar-refractivity contribution in [2.24, 2.45) is 5.41 Å². The lowest BCUT2D eigenvalue weighted by Gasteiger charge is -2.28. The summed E-state index contributed by atoms with van der Waals surface area (Å²) in [6, 6.07) is 4.45. The number of hydrogen-bond acceptors (Lipinski definition) is 7. The quantitative estimate of drug-likeness (QED) is 0.621. The molecule has 1 aromatic carbocycles. The van der Waals surface area contributed by atoms with Crippen molar-refractivity contribution in [2.75, 3.05) is 13.2 Å². The summed E-state index contributed by atoms with van der Waals surface area (Å²) in [6.45, 7) is -0.0349. The lowest BCUT2D eigenvalue weighted by Crippen LogP contribution is -2.40. The van der Waals surface area contributed by atoms with Crippen LogP contribution in [0.15, 0.2) is 47.8 Å². The van der Waals surface area contributed by atoms with Gasteiger partial charge >= 0.3 is 0 Å². The zero-order valence-electron chi connectivity index (χ0n) is 14.3. The van der Waals surface area contributed by atoms with Crippen LogP contribution in [0.3, 0.4) is 0 Å². The molecule has 8 nitrogen and oxygen atoms in total. The fourth-order valence-corrected chi connectivity index (χ4v) is 4.25. The summed E-state index contributed by atoms with van der Waals surface area (Å²) in [5, 5.41) is 19.9. The predicted molar refractivity (Wildman–Crippen MR) is 92.8 cm³/mol. The van der Waals surface area contributed by atoms with Crippen molar-refractivity contribution >= 4 is 10.0 Å². The highest BCUT2D eigenvalue weighted by atomic mass is 32.2. The molecule has 1 aliphatic carbocycles. The van der Waals surface area contributed by atoms with Gasteiger partial charge in [0, 0.05) is 24.4 Å². The van der Waals surface area contributed by atoms with Gasteiger partial charge in [-0.1, -0.05) is 0 Å². The van der Waals surface area contributed by atoms with E-state index in [-0.39, 0.29) is 36.8 Å². The van der Waals surface area contributed by atoms with E-state index in [2.05, 4.69) is 14.7 Å². The number of nitrogens with one attached hydrogen (secondary N) is 1. The number of halogens is 1. The molecule has 1 saturated carbocycles. The molecule has 10 heteroatoms. The Bertz CT molecular complexity index is 854. The average Bonchev–Trinajstić information content (AvgIpc) is 2.94. The van der Waals surface area contributed by atoms with Gasteiger partial charge in [-0.15, -0.1) is 0 Å². The highest BCUT2D eigenvalue weighted by Crippen LogP contribution is 2.38. The van der Waals surface area contributed by atoms with E-state index in [1.807, 2.05) is 0 Å². The van der Waals surface area contributed by atoms with E-state index in [1.165, 1.54) is 30.7 Å². The molecular formula is C17H20FN3O5S. The molecule has 0 bridgehead atoms. The Balaban J connectivity index is 1.73. The lowest BCUT2D eigenvalue weighted by molar-refractivity contribution is 0.0438. The van der Waals surface area contributed by atoms with Gasteiger partial charge in [-0.05, 0) is 37.1 Å². The summed E-state index contributed by atoms with van der Waals surface area (Å²) in [6.07, 6.45) is 2.70. The zero-order valence-corrected chi connectivity index (χ0v) is 15.1. The van der Waals surface area contributed by atoms with E-state index in [0.29, 0.717) is 0 Å². The van der Waals surface area contributed by atoms with Crippen molar-refractivity contribution < 1.29 is 27.8 Å². The number of ether oxygens (including phenoxy) is 1. The monoisotopic (exact) mass is 397 g/mol. The number of aliphatic hydroxyl groups is 2. The SMILES string of the molecule is O=S(=O)(NCC1(COc2cnccn2)CC(O)C(O)C1)c1ccc(F)cc1. The van der Waals surface area contributed by atoms with Crippen LogP contribution >= 0.6 is 0 Å². The Morgan fingerprint density at radius 3 is 2.44 bits per heavy atom. The Kier molecular flexibility index (Phi) is 5.70. The first-order valence-electron chi connectivity index (χ1n) is 8.30. The molecule has 0 spiro atoms.